The van der Waals surface area contributed by atoms with E-state index in [1.54, 1.807) is 7.11 Å². The molecule has 4 heteroatoms. The molecule has 1 amide bonds. The molecule has 0 radical (unpaired) electrons. The summed E-state index contributed by atoms with van der Waals surface area (Å²) in [6, 6.07) is 8.67. The SMILES string of the molecule is COC1(C(=O)NCC2(c3ccccc3C)CCCCC2)CCNCC1. The summed E-state index contributed by atoms with van der Waals surface area (Å²) in [5.74, 6) is 0.0648. The van der Waals surface area contributed by atoms with Crippen molar-refractivity contribution in [2.24, 2.45) is 0 Å². The van der Waals surface area contributed by atoms with Crippen LogP contribution in [0.1, 0.15) is 56.1 Å². The van der Waals surface area contributed by atoms with Gasteiger partial charge < -0.3 is 15.4 Å². The normalized spacial score (nSPS) is 22.3. The number of piperidine rings is 1. The molecule has 0 bridgehead atoms. The van der Waals surface area contributed by atoms with Crippen molar-refractivity contribution in [3.05, 3.63) is 35.4 Å². The van der Waals surface area contributed by atoms with Gasteiger partial charge in [0.1, 0.15) is 5.60 Å². The molecule has 1 saturated carbocycles. The van der Waals surface area contributed by atoms with Crippen LogP contribution in [0.2, 0.25) is 0 Å². The summed E-state index contributed by atoms with van der Waals surface area (Å²) in [5, 5.41) is 6.60. The quantitative estimate of drug-likeness (QED) is 0.863. The highest BCUT2D eigenvalue weighted by Gasteiger charge is 2.42. The van der Waals surface area contributed by atoms with Gasteiger partial charge >= 0.3 is 0 Å². The van der Waals surface area contributed by atoms with Crippen molar-refractivity contribution in [1.29, 1.82) is 0 Å². The molecule has 1 heterocycles. The first kappa shape index (κ1) is 18.4. The van der Waals surface area contributed by atoms with E-state index >= 15 is 0 Å². The Morgan fingerprint density at radius 1 is 1.12 bits per heavy atom. The number of hydrogen-bond acceptors (Lipinski definition) is 3. The predicted molar refractivity (Wildman–Crippen MR) is 101 cm³/mol. The Balaban J connectivity index is 1.77. The van der Waals surface area contributed by atoms with Crippen molar-refractivity contribution in [2.45, 2.75) is 62.9 Å². The van der Waals surface area contributed by atoms with Gasteiger partial charge in [-0.2, -0.15) is 0 Å². The molecule has 2 fully saturated rings. The molecule has 1 saturated heterocycles. The molecule has 1 aromatic carbocycles. The summed E-state index contributed by atoms with van der Waals surface area (Å²) >= 11 is 0. The zero-order chi connectivity index (χ0) is 17.8. The van der Waals surface area contributed by atoms with Gasteiger partial charge in [0, 0.05) is 19.1 Å². The summed E-state index contributed by atoms with van der Waals surface area (Å²) in [5.41, 5.74) is 2.15. The van der Waals surface area contributed by atoms with Crippen LogP contribution < -0.4 is 10.6 Å². The maximum atomic E-state index is 13.0. The van der Waals surface area contributed by atoms with E-state index in [-0.39, 0.29) is 11.3 Å². The maximum Gasteiger partial charge on any atom is 0.252 e. The van der Waals surface area contributed by atoms with Crippen LogP contribution in [0.4, 0.5) is 0 Å². The fraction of sp³-hybridized carbons (Fsp3) is 0.667. The number of benzene rings is 1. The van der Waals surface area contributed by atoms with Gasteiger partial charge in [-0.05, 0) is 56.8 Å². The van der Waals surface area contributed by atoms with E-state index in [0.717, 1.165) is 45.3 Å². The van der Waals surface area contributed by atoms with Crippen LogP contribution in [0.5, 0.6) is 0 Å². The highest BCUT2D eigenvalue weighted by atomic mass is 16.5. The Kier molecular flexibility index (Phi) is 5.80. The molecule has 0 spiro atoms. The Morgan fingerprint density at radius 3 is 2.44 bits per heavy atom. The Labute approximate surface area is 151 Å². The van der Waals surface area contributed by atoms with E-state index in [4.69, 9.17) is 4.74 Å². The number of aryl methyl sites for hydroxylation is 1. The Hall–Kier alpha value is -1.39. The fourth-order valence-electron chi connectivity index (χ4n) is 4.70. The van der Waals surface area contributed by atoms with Gasteiger partial charge in [-0.15, -0.1) is 0 Å². The lowest BCUT2D eigenvalue weighted by molar-refractivity contribution is -0.147. The molecule has 1 aliphatic heterocycles. The van der Waals surface area contributed by atoms with Crippen molar-refractivity contribution >= 4 is 5.91 Å². The van der Waals surface area contributed by atoms with E-state index in [1.165, 1.54) is 30.4 Å². The standard InChI is InChI=1S/C21H32N2O2/c1-17-8-4-5-9-18(17)20(10-6-3-7-11-20)16-23-19(24)21(25-2)12-14-22-15-13-21/h4-5,8-9,22H,3,6-7,10-16H2,1-2H3,(H,23,24). The van der Waals surface area contributed by atoms with Gasteiger partial charge in [-0.3, -0.25) is 4.79 Å². The average Bonchev–Trinajstić information content (AvgIpc) is 2.67. The monoisotopic (exact) mass is 344 g/mol. The molecule has 138 valence electrons. The maximum absolute atomic E-state index is 13.0. The van der Waals surface area contributed by atoms with Crippen molar-refractivity contribution in [2.75, 3.05) is 26.7 Å². The van der Waals surface area contributed by atoms with E-state index in [2.05, 4.69) is 41.8 Å². The fourth-order valence-corrected chi connectivity index (χ4v) is 4.70. The first-order valence-corrected chi connectivity index (χ1v) is 9.72. The molecule has 0 aromatic heterocycles. The number of methoxy groups -OCH3 is 1. The van der Waals surface area contributed by atoms with E-state index in [0.29, 0.717) is 0 Å². The van der Waals surface area contributed by atoms with Crippen molar-refractivity contribution in [1.82, 2.24) is 10.6 Å². The van der Waals surface area contributed by atoms with Gasteiger partial charge in [0.25, 0.3) is 5.91 Å². The first-order valence-electron chi connectivity index (χ1n) is 9.72. The molecule has 4 nitrogen and oxygen atoms in total. The largest absolute Gasteiger partial charge is 0.368 e. The van der Waals surface area contributed by atoms with Gasteiger partial charge in [0.05, 0.1) is 0 Å². The number of rotatable bonds is 5. The van der Waals surface area contributed by atoms with Gasteiger partial charge in [-0.1, -0.05) is 43.5 Å². The van der Waals surface area contributed by atoms with Gasteiger partial charge in [0.15, 0.2) is 0 Å². The first-order chi connectivity index (χ1) is 12.1. The molecule has 0 atom stereocenters. The van der Waals surface area contributed by atoms with Crippen molar-refractivity contribution in [3.8, 4) is 0 Å². The third kappa shape index (κ3) is 3.75. The number of hydrogen-bond donors (Lipinski definition) is 2. The summed E-state index contributed by atoms with van der Waals surface area (Å²) in [4.78, 5) is 13.0. The lowest BCUT2D eigenvalue weighted by Crippen LogP contribution is -2.56. The Morgan fingerprint density at radius 2 is 1.80 bits per heavy atom. The summed E-state index contributed by atoms with van der Waals surface area (Å²) < 4.78 is 5.69. The summed E-state index contributed by atoms with van der Waals surface area (Å²) in [7, 11) is 1.67. The van der Waals surface area contributed by atoms with E-state index in [9.17, 15) is 4.79 Å². The van der Waals surface area contributed by atoms with Gasteiger partial charge in [0.2, 0.25) is 0 Å². The third-order valence-corrected chi connectivity index (χ3v) is 6.33. The second-order valence-corrected chi connectivity index (χ2v) is 7.79. The molecular formula is C21H32N2O2. The number of carbonyl (C=O) groups excluding carboxylic acids is 1. The molecule has 1 aliphatic carbocycles. The van der Waals surface area contributed by atoms with Crippen molar-refractivity contribution < 1.29 is 9.53 Å². The number of ether oxygens (including phenoxy) is 1. The summed E-state index contributed by atoms with van der Waals surface area (Å²) in [6.45, 7) is 4.58. The minimum absolute atomic E-state index is 0.0648. The van der Waals surface area contributed by atoms with Crippen molar-refractivity contribution in [3.63, 3.8) is 0 Å². The van der Waals surface area contributed by atoms with Crippen LogP contribution in [0, 0.1) is 6.92 Å². The lowest BCUT2D eigenvalue weighted by Gasteiger charge is -2.41. The molecule has 2 N–H and O–H groups in total. The molecular weight excluding hydrogens is 312 g/mol. The predicted octanol–water partition coefficient (Wildman–Crippen LogP) is 3.08. The molecule has 0 unspecified atom stereocenters. The molecule has 25 heavy (non-hydrogen) atoms. The van der Waals surface area contributed by atoms with Crippen LogP contribution in [0.15, 0.2) is 24.3 Å². The zero-order valence-corrected chi connectivity index (χ0v) is 15.7. The third-order valence-electron chi connectivity index (χ3n) is 6.33. The highest BCUT2D eigenvalue weighted by molar-refractivity contribution is 5.85. The minimum atomic E-state index is -0.660. The zero-order valence-electron chi connectivity index (χ0n) is 15.7. The van der Waals surface area contributed by atoms with Crippen LogP contribution in [-0.4, -0.2) is 38.3 Å². The molecule has 1 aromatic rings. The van der Waals surface area contributed by atoms with Crippen LogP contribution >= 0.6 is 0 Å². The second kappa shape index (κ2) is 7.88. The van der Waals surface area contributed by atoms with E-state index < -0.39 is 5.60 Å². The topological polar surface area (TPSA) is 50.4 Å². The molecule has 2 aliphatic rings. The number of amides is 1. The van der Waals surface area contributed by atoms with Crippen LogP contribution in [0.3, 0.4) is 0 Å². The van der Waals surface area contributed by atoms with Crippen LogP contribution in [0.25, 0.3) is 0 Å². The minimum Gasteiger partial charge on any atom is -0.368 e. The smallest absolute Gasteiger partial charge is 0.252 e. The van der Waals surface area contributed by atoms with Crippen LogP contribution in [-0.2, 0) is 14.9 Å². The van der Waals surface area contributed by atoms with Gasteiger partial charge in [-0.25, -0.2) is 0 Å². The molecule has 3 rings (SSSR count). The average molecular weight is 344 g/mol. The summed E-state index contributed by atoms with van der Waals surface area (Å²) in [6.07, 6.45) is 7.57. The highest BCUT2D eigenvalue weighted by Crippen LogP contribution is 2.40. The van der Waals surface area contributed by atoms with E-state index in [1.807, 2.05) is 0 Å². The lowest BCUT2D eigenvalue weighted by atomic mass is 9.68. The Bertz CT molecular complexity index is 587. The number of nitrogens with one attached hydrogen (secondary N) is 2. The second-order valence-electron chi connectivity index (χ2n) is 7.79. The number of carbonyl (C=O) groups is 1.